The molecule has 10 heavy (non-hydrogen) atoms. The van der Waals surface area contributed by atoms with Crippen molar-refractivity contribution in [1.29, 1.82) is 0 Å². The van der Waals surface area contributed by atoms with Gasteiger partial charge in [-0.25, -0.2) is 4.98 Å². The summed E-state index contributed by atoms with van der Waals surface area (Å²) in [6, 6.07) is 0. The van der Waals surface area contributed by atoms with Crippen molar-refractivity contribution < 1.29 is 4.42 Å². The number of aromatic nitrogens is 1. The summed E-state index contributed by atoms with van der Waals surface area (Å²) >= 11 is 0. The van der Waals surface area contributed by atoms with E-state index in [4.69, 9.17) is 10.8 Å². The molecule has 0 spiro atoms. The van der Waals surface area contributed by atoms with Crippen LogP contribution in [0.15, 0.2) is 10.8 Å². The fraction of sp³-hybridized carbons (Fsp3) is 0.375. The molecule has 0 saturated carbocycles. The van der Waals surface area contributed by atoms with Gasteiger partial charge < -0.3 is 4.42 Å². The Balaban J connectivity index is 2.82. The molecule has 1 aromatic heterocycles. The van der Waals surface area contributed by atoms with Crippen LogP contribution in [-0.2, 0) is 6.42 Å². The van der Waals surface area contributed by atoms with Gasteiger partial charge in [-0.1, -0.05) is 13.3 Å². The van der Waals surface area contributed by atoms with Gasteiger partial charge in [0, 0.05) is 0 Å². The van der Waals surface area contributed by atoms with Gasteiger partial charge in [0.2, 0.25) is 0 Å². The highest BCUT2D eigenvalue weighted by atomic mass is 16.3. The van der Waals surface area contributed by atoms with Crippen LogP contribution in [0.5, 0.6) is 0 Å². The molecule has 0 unspecified atom stereocenters. The number of aryl methyl sites for hydroxylation is 1. The fourth-order valence-corrected chi connectivity index (χ4v) is 0.802. The van der Waals surface area contributed by atoms with Gasteiger partial charge in [-0.05, 0) is 12.3 Å². The summed E-state index contributed by atoms with van der Waals surface area (Å²) in [5, 5.41) is 0. The zero-order valence-corrected chi connectivity index (χ0v) is 5.92. The van der Waals surface area contributed by atoms with E-state index < -0.39 is 0 Å². The van der Waals surface area contributed by atoms with Crippen molar-refractivity contribution in [3.05, 3.63) is 17.8 Å². The number of oxazole rings is 1. The van der Waals surface area contributed by atoms with Gasteiger partial charge in [0.25, 0.3) is 0 Å². The number of hydrogen-bond acceptors (Lipinski definition) is 2. The van der Waals surface area contributed by atoms with Crippen molar-refractivity contribution in [2.45, 2.75) is 19.8 Å². The Morgan fingerprint density at radius 1 is 1.80 bits per heavy atom. The summed E-state index contributed by atoms with van der Waals surface area (Å²) in [6.45, 7) is 2.08. The van der Waals surface area contributed by atoms with Crippen LogP contribution < -0.4 is 0 Å². The number of rotatable bonds is 2. The minimum atomic E-state index is 0.571. The average Bonchev–Trinajstić information content (AvgIpc) is 2.36. The molecule has 0 aliphatic carbocycles. The largest absolute Gasteiger partial charge is 0.435 e. The lowest BCUT2D eigenvalue weighted by molar-refractivity contribution is 0.543. The first-order chi connectivity index (χ1) is 4.88. The minimum Gasteiger partial charge on any atom is -0.435 e. The standard InChI is InChI=1S/C8H9NO/c1-3-5-7-8(4-2)10-6-9-7/h2,6H,3,5H2,1H3. The fourth-order valence-electron chi connectivity index (χ4n) is 0.802. The first-order valence-corrected chi connectivity index (χ1v) is 3.27. The summed E-state index contributed by atoms with van der Waals surface area (Å²) in [4.78, 5) is 3.97. The van der Waals surface area contributed by atoms with Gasteiger partial charge in [0.05, 0.1) is 5.69 Å². The molecule has 0 aromatic carbocycles. The number of nitrogens with zero attached hydrogens (tertiary/aromatic N) is 1. The molecule has 1 aromatic rings. The SMILES string of the molecule is C#Cc1ocnc1CCC. The topological polar surface area (TPSA) is 26.0 Å². The van der Waals surface area contributed by atoms with E-state index in [1.165, 1.54) is 6.39 Å². The third-order valence-corrected chi connectivity index (χ3v) is 1.26. The zero-order valence-electron chi connectivity index (χ0n) is 5.92. The molecular weight excluding hydrogens is 126 g/mol. The first-order valence-electron chi connectivity index (χ1n) is 3.27. The Kier molecular flexibility index (Phi) is 2.11. The van der Waals surface area contributed by atoms with Crippen molar-refractivity contribution in [2.75, 3.05) is 0 Å². The van der Waals surface area contributed by atoms with Crippen molar-refractivity contribution in [3.8, 4) is 12.3 Å². The predicted octanol–water partition coefficient (Wildman–Crippen LogP) is 1.61. The molecule has 0 radical (unpaired) electrons. The van der Waals surface area contributed by atoms with Gasteiger partial charge in [0.15, 0.2) is 12.2 Å². The van der Waals surface area contributed by atoms with Gasteiger partial charge in [-0.2, -0.15) is 0 Å². The highest BCUT2D eigenvalue weighted by Gasteiger charge is 2.01. The maximum atomic E-state index is 5.14. The Labute approximate surface area is 60.3 Å². The van der Waals surface area contributed by atoms with Gasteiger partial charge >= 0.3 is 0 Å². The maximum Gasteiger partial charge on any atom is 0.200 e. The molecule has 0 fully saturated rings. The summed E-state index contributed by atoms with van der Waals surface area (Å²) in [6.07, 6.45) is 8.47. The van der Waals surface area contributed by atoms with E-state index in [-0.39, 0.29) is 0 Å². The van der Waals surface area contributed by atoms with Crippen LogP contribution in [0.2, 0.25) is 0 Å². The Hall–Kier alpha value is -1.23. The minimum absolute atomic E-state index is 0.571. The average molecular weight is 135 g/mol. The highest BCUT2D eigenvalue weighted by molar-refractivity contribution is 5.25. The molecule has 1 rings (SSSR count). The van der Waals surface area contributed by atoms with Crippen molar-refractivity contribution >= 4 is 0 Å². The molecule has 2 heteroatoms. The third kappa shape index (κ3) is 1.19. The van der Waals surface area contributed by atoms with E-state index in [9.17, 15) is 0 Å². The summed E-state index contributed by atoms with van der Waals surface area (Å²) in [7, 11) is 0. The van der Waals surface area contributed by atoms with E-state index in [0.717, 1.165) is 18.5 Å². The number of hydrogen-bond donors (Lipinski definition) is 0. The maximum absolute atomic E-state index is 5.14. The molecule has 0 bridgehead atoms. The normalized spacial score (nSPS) is 9.20. The van der Waals surface area contributed by atoms with Crippen LogP contribution >= 0.6 is 0 Å². The van der Waals surface area contributed by atoms with Crippen LogP contribution in [0, 0.1) is 12.3 Å². The van der Waals surface area contributed by atoms with E-state index in [1.54, 1.807) is 0 Å². The smallest absolute Gasteiger partial charge is 0.200 e. The predicted molar refractivity (Wildman–Crippen MR) is 38.4 cm³/mol. The lowest BCUT2D eigenvalue weighted by Gasteiger charge is -1.88. The molecule has 0 aliphatic heterocycles. The molecule has 0 aliphatic rings. The second-order valence-corrected chi connectivity index (χ2v) is 2.02. The summed E-state index contributed by atoms with van der Waals surface area (Å²) in [5.74, 6) is 3.00. The Morgan fingerprint density at radius 3 is 3.20 bits per heavy atom. The van der Waals surface area contributed by atoms with Gasteiger partial charge in [-0.15, -0.1) is 6.42 Å². The summed E-state index contributed by atoms with van der Waals surface area (Å²) < 4.78 is 4.92. The van der Waals surface area contributed by atoms with Crippen LogP contribution in [-0.4, -0.2) is 4.98 Å². The molecule has 0 N–H and O–H groups in total. The van der Waals surface area contributed by atoms with Crippen LogP contribution in [0.3, 0.4) is 0 Å². The van der Waals surface area contributed by atoms with E-state index >= 15 is 0 Å². The van der Waals surface area contributed by atoms with E-state index in [2.05, 4.69) is 17.8 Å². The summed E-state index contributed by atoms with van der Waals surface area (Å²) in [5.41, 5.74) is 0.894. The van der Waals surface area contributed by atoms with Crippen molar-refractivity contribution in [1.82, 2.24) is 4.98 Å². The molecule has 52 valence electrons. The van der Waals surface area contributed by atoms with Crippen LogP contribution in [0.25, 0.3) is 0 Å². The second kappa shape index (κ2) is 3.07. The lowest BCUT2D eigenvalue weighted by atomic mass is 10.2. The third-order valence-electron chi connectivity index (χ3n) is 1.26. The van der Waals surface area contributed by atoms with Crippen LogP contribution in [0.4, 0.5) is 0 Å². The van der Waals surface area contributed by atoms with E-state index in [0.29, 0.717) is 5.76 Å². The first kappa shape index (κ1) is 6.88. The van der Waals surface area contributed by atoms with E-state index in [1.807, 2.05) is 0 Å². The second-order valence-electron chi connectivity index (χ2n) is 2.02. The molecule has 2 nitrogen and oxygen atoms in total. The van der Waals surface area contributed by atoms with Gasteiger partial charge in [-0.3, -0.25) is 0 Å². The monoisotopic (exact) mass is 135 g/mol. The van der Waals surface area contributed by atoms with Crippen molar-refractivity contribution in [2.24, 2.45) is 0 Å². The molecule has 1 heterocycles. The number of terminal acetylenes is 1. The molecule has 0 saturated heterocycles. The molecular formula is C8H9NO. The Bertz CT molecular complexity index is 244. The highest BCUT2D eigenvalue weighted by Crippen LogP contribution is 2.06. The Morgan fingerprint density at radius 2 is 2.60 bits per heavy atom. The van der Waals surface area contributed by atoms with Crippen LogP contribution in [0.1, 0.15) is 24.8 Å². The van der Waals surface area contributed by atoms with Crippen molar-refractivity contribution in [3.63, 3.8) is 0 Å². The quantitative estimate of drug-likeness (QED) is 0.576. The molecule has 0 atom stereocenters. The molecule has 0 amide bonds. The zero-order chi connectivity index (χ0) is 7.40. The lowest BCUT2D eigenvalue weighted by Crippen LogP contribution is -1.85. The van der Waals surface area contributed by atoms with Gasteiger partial charge in [0.1, 0.15) is 0 Å².